The molecular formula is C26H28N6O2. The van der Waals surface area contributed by atoms with E-state index in [-0.39, 0.29) is 17.7 Å². The van der Waals surface area contributed by atoms with Crippen LogP contribution in [0.25, 0.3) is 11.1 Å². The molecule has 0 radical (unpaired) electrons. The van der Waals surface area contributed by atoms with E-state index in [0.29, 0.717) is 11.4 Å². The molecule has 2 amide bonds. The summed E-state index contributed by atoms with van der Waals surface area (Å²) in [6, 6.07) is 18.1. The minimum atomic E-state index is -0.789. The van der Waals surface area contributed by atoms with Crippen LogP contribution < -0.4 is 10.6 Å². The SMILES string of the molecule is Cc1n[nH]c(C)c1-c1ccc(NC(=O)C(NC(=O)c2ccnn2C)[C@H](C)c2ccccc2)cc1. The Bertz CT molecular complexity index is 1270. The third-order valence-corrected chi connectivity index (χ3v) is 6.02. The Morgan fingerprint density at radius 2 is 1.71 bits per heavy atom. The second kappa shape index (κ2) is 9.74. The summed E-state index contributed by atoms with van der Waals surface area (Å²) in [5.41, 5.74) is 5.96. The second-order valence-corrected chi connectivity index (χ2v) is 8.37. The van der Waals surface area contributed by atoms with Crippen LogP contribution in [0, 0.1) is 13.8 Å². The lowest BCUT2D eigenvalue weighted by Gasteiger charge is -2.25. The summed E-state index contributed by atoms with van der Waals surface area (Å²) in [5, 5.41) is 17.2. The zero-order valence-electron chi connectivity index (χ0n) is 19.7. The molecule has 1 unspecified atom stereocenters. The quantitative estimate of drug-likeness (QED) is 0.391. The van der Waals surface area contributed by atoms with Crippen molar-refractivity contribution in [2.45, 2.75) is 32.7 Å². The average molecular weight is 457 g/mol. The van der Waals surface area contributed by atoms with Crippen LogP contribution in [0.1, 0.15) is 40.3 Å². The average Bonchev–Trinajstić information content (AvgIpc) is 3.42. The summed E-state index contributed by atoms with van der Waals surface area (Å²) >= 11 is 0. The van der Waals surface area contributed by atoms with Gasteiger partial charge in [0, 0.05) is 36.1 Å². The molecule has 0 aliphatic heterocycles. The third kappa shape index (κ3) is 4.76. The number of H-pyrrole nitrogens is 1. The highest BCUT2D eigenvalue weighted by molar-refractivity contribution is 6.01. The van der Waals surface area contributed by atoms with Gasteiger partial charge in [-0.15, -0.1) is 0 Å². The van der Waals surface area contributed by atoms with Gasteiger partial charge in [0.2, 0.25) is 5.91 Å². The van der Waals surface area contributed by atoms with Crippen LogP contribution in [-0.2, 0) is 11.8 Å². The van der Waals surface area contributed by atoms with Crippen LogP contribution in [-0.4, -0.2) is 37.8 Å². The summed E-state index contributed by atoms with van der Waals surface area (Å²) in [5.74, 6) is -0.909. The number of rotatable bonds is 7. The molecule has 2 atom stereocenters. The predicted molar refractivity (Wildman–Crippen MR) is 131 cm³/mol. The maximum Gasteiger partial charge on any atom is 0.270 e. The van der Waals surface area contributed by atoms with Crippen molar-refractivity contribution in [2.75, 3.05) is 5.32 Å². The van der Waals surface area contributed by atoms with Crippen LogP contribution in [0.4, 0.5) is 5.69 Å². The number of aromatic amines is 1. The van der Waals surface area contributed by atoms with Gasteiger partial charge in [-0.1, -0.05) is 49.4 Å². The van der Waals surface area contributed by atoms with Crippen molar-refractivity contribution in [3.05, 3.63) is 89.5 Å². The van der Waals surface area contributed by atoms with Crippen LogP contribution in [0.15, 0.2) is 66.9 Å². The summed E-state index contributed by atoms with van der Waals surface area (Å²) < 4.78 is 1.48. The Kier molecular flexibility index (Phi) is 6.58. The van der Waals surface area contributed by atoms with E-state index in [1.807, 2.05) is 75.4 Å². The topological polar surface area (TPSA) is 105 Å². The predicted octanol–water partition coefficient (Wildman–Crippen LogP) is 3.97. The van der Waals surface area contributed by atoms with Gasteiger partial charge < -0.3 is 10.6 Å². The first kappa shape index (κ1) is 23.0. The molecule has 0 saturated carbocycles. The first-order valence-corrected chi connectivity index (χ1v) is 11.1. The molecule has 0 fully saturated rings. The van der Waals surface area contributed by atoms with Gasteiger partial charge in [-0.25, -0.2) is 0 Å². The first-order valence-electron chi connectivity index (χ1n) is 11.1. The summed E-state index contributed by atoms with van der Waals surface area (Å²) in [7, 11) is 1.69. The molecule has 8 heteroatoms. The Labute approximate surface area is 198 Å². The first-order chi connectivity index (χ1) is 16.3. The lowest BCUT2D eigenvalue weighted by atomic mass is 9.92. The van der Waals surface area contributed by atoms with E-state index in [2.05, 4.69) is 25.9 Å². The highest BCUT2D eigenvalue weighted by atomic mass is 16.2. The summed E-state index contributed by atoms with van der Waals surface area (Å²) in [6.45, 7) is 5.86. The zero-order valence-corrected chi connectivity index (χ0v) is 19.7. The molecule has 0 aliphatic rings. The fourth-order valence-corrected chi connectivity index (χ4v) is 4.09. The number of carbonyl (C=O) groups excluding carboxylic acids is 2. The van der Waals surface area contributed by atoms with E-state index in [9.17, 15) is 9.59 Å². The van der Waals surface area contributed by atoms with Gasteiger partial charge in [0.25, 0.3) is 5.91 Å². The Balaban J connectivity index is 1.56. The number of carbonyl (C=O) groups is 2. The number of amides is 2. The van der Waals surface area contributed by atoms with Crippen LogP contribution in [0.2, 0.25) is 0 Å². The van der Waals surface area contributed by atoms with Crippen molar-refractivity contribution in [1.82, 2.24) is 25.3 Å². The number of nitrogens with zero attached hydrogens (tertiary/aromatic N) is 3. The number of hydrogen-bond acceptors (Lipinski definition) is 4. The highest BCUT2D eigenvalue weighted by Gasteiger charge is 2.29. The van der Waals surface area contributed by atoms with Crippen molar-refractivity contribution in [2.24, 2.45) is 7.05 Å². The van der Waals surface area contributed by atoms with E-state index >= 15 is 0 Å². The lowest BCUT2D eigenvalue weighted by Crippen LogP contribution is -2.47. The van der Waals surface area contributed by atoms with Gasteiger partial charge in [-0.3, -0.25) is 19.4 Å². The van der Waals surface area contributed by atoms with Gasteiger partial charge in [-0.05, 0) is 43.2 Å². The molecule has 0 bridgehead atoms. The molecule has 2 heterocycles. The molecule has 4 rings (SSSR count). The number of benzene rings is 2. The summed E-state index contributed by atoms with van der Waals surface area (Å²) in [6.07, 6.45) is 1.55. The van der Waals surface area contributed by atoms with Crippen molar-refractivity contribution >= 4 is 17.5 Å². The number of aromatic nitrogens is 4. The third-order valence-electron chi connectivity index (χ3n) is 6.02. The van der Waals surface area contributed by atoms with Crippen molar-refractivity contribution in [3.8, 4) is 11.1 Å². The fraction of sp³-hybridized carbons (Fsp3) is 0.231. The number of nitrogens with one attached hydrogen (secondary N) is 3. The minimum absolute atomic E-state index is 0.256. The Morgan fingerprint density at radius 1 is 1.00 bits per heavy atom. The maximum absolute atomic E-state index is 13.4. The lowest BCUT2D eigenvalue weighted by molar-refractivity contribution is -0.118. The molecule has 8 nitrogen and oxygen atoms in total. The van der Waals surface area contributed by atoms with Crippen LogP contribution >= 0.6 is 0 Å². The largest absolute Gasteiger partial charge is 0.338 e. The van der Waals surface area contributed by atoms with Crippen LogP contribution in [0.5, 0.6) is 0 Å². The van der Waals surface area contributed by atoms with E-state index in [0.717, 1.165) is 28.1 Å². The number of aryl methyl sites for hydroxylation is 3. The molecule has 174 valence electrons. The maximum atomic E-state index is 13.4. The summed E-state index contributed by atoms with van der Waals surface area (Å²) in [4.78, 5) is 26.3. The van der Waals surface area contributed by atoms with E-state index in [1.165, 1.54) is 4.68 Å². The van der Waals surface area contributed by atoms with Crippen LogP contribution in [0.3, 0.4) is 0 Å². The van der Waals surface area contributed by atoms with Crippen molar-refractivity contribution in [3.63, 3.8) is 0 Å². The molecule has 0 aliphatic carbocycles. The Morgan fingerprint density at radius 3 is 2.29 bits per heavy atom. The molecule has 4 aromatic rings. The molecule has 0 spiro atoms. The Hall–Kier alpha value is -4.20. The van der Waals surface area contributed by atoms with E-state index < -0.39 is 6.04 Å². The molecule has 34 heavy (non-hydrogen) atoms. The molecule has 2 aromatic heterocycles. The molecule has 0 saturated heterocycles. The standard InChI is InChI=1S/C26H28N6O2/c1-16(19-8-6-5-7-9-19)24(29-25(33)22-14-15-27-32(22)4)26(34)28-21-12-10-20(11-13-21)23-17(2)30-31-18(23)3/h5-16,24H,1-4H3,(H,28,34)(H,29,33)(H,30,31)/t16-,24?/m1/s1. The fourth-order valence-electron chi connectivity index (χ4n) is 4.09. The van der Waals surface area contributed by atoms with E-state index in [1.54, 1.807) is 19.3 Å². The van der Waals surface area contributed by atoms with Gasteiger partial charge in [0.1, 0.15) is 11.7 Å². The second-order valence-electron chi connectivity index (χ2n) is 8.37. The molecular weight excluding hydrogens is 428 g/mol. The number of anilines is 1. The van der Waals surface area contributed by atoms with Gasteiger partial charge in [0.15, 0.2) is 0 Å². The molecule has 2 aromatic carbocycles. The monoisotopic (exact) mass is 456 g/mol. The van der Waals surface area contributed by atoms with Gasteiger partial charge in [0.05, 0.1) is 5.69 Å². The number of hydrogen-bond donors (Lipinski definition) is 3. The zero-order chi connectivity index (χ0) is 24.2. The van der Waals surface area contributed by atoms with Crippen molar-refractivity contribution in [1.29, 1.82) is 0 Å². The highest BCUT2D eigenvalue weighted by Crippen LogP contribution is 2.27. The van der Waals surface area contributed by atoms with Crippen molar-refractivity contribution < 1.29 is 9.59 Å². The minimum Gasteiger partial charge on any atom is -0.338 e. The smallest absolute Gasteiger partial charge is 0.270 e. The van der Waals surface area contributed by atoms with Gasteiger partial charge >= 0.3 is 0 Å². The van der Waals surface area contributed by atoms with E-state index in [4.69, 9.17) is 0 Å². The molecule has 3 N–H and O–H groups in total. The van der Waals surface area contributed by atoms with Gasteiger partial charge in [-0.2, -0.15) is 10.2 Å². The normalized spacial score (nSPS) is 12.7.